The van der Waals surface area contributed by atoms with E-state index in [0.717, 1.165) is 0 Å². The smallest absolute Gasteiger partial charge is 0.245 e. The summed E-state index contributed by atoms with van der Waals surface area (Å²) in [5.74, 6) is 0. The summed E-state index contributed by atoms with van der Waals surface area (Å²) in [6.07, 6.45) is 3.38. The summed E-state index contributed by atoms with van der Waals surface area (Å²) in [7, 11) is -3.38. The van der Waals surface area contributed by atoms with Crippen molar-refractivity contribution in [1.29, 1.82) is 0 Å². The van der Waals surface area contributed by atoms with Gasteiger partial charge in [0.05, 0.1) is 11.9 Å². The van der Waals surface area contributed by atoms with Crippen LogP contribution in [0, 0.1) is 0 Å². The van der Waals surface area contributed by atoms with Crippen molar-refractivity contribution in [3.05, 3.63) is 18.5 Å². The molecule has 14 heavy (non-hydrogen) atoms. The molecule has 1 aromatic heterocycles. The standard InChI is InChI=1S/C8H11N3O2S/c1-2-8-10-6-3-4-9-5-7(6)14(12,13)11-8/h3-5,8,10-11H,2H2,1H3. The molecule has 0 amide bonds. The first-order valence-electron chi connectivity index (χ1n) is 4.36. The van der Waals surface area contributed by atoms with Gasteiger partial charge in [-0.3, -0.25) is 4.98 Å². The van der Waals surface area contributed by atoms with Gasteiger partial charge in [-0.2, -0.15) is 4.72 Å². The van der Waals surface area contributed by atoms with Gasteiger partial charge in [0, 0.05) is 12.4 Å². The van der Waals surface area contributed by atoms with Crippen LogP contribution in [0.2, 0.25) is 0 Å². The summed E-state index contributed by atoms with van der Waals surface area (Å²) in [4.78, 5) is 4.00. The molecule has 0 fully saturated rings. The van der Waals surface area contributed by atoms with E-state index in [1.807, 2.05) is 6.92 Å². The van der Waals surface area contributed by atoms with Gasteiger partial charge in [0.25, 0.3) is 0 Å². The molecule has 0 bridgehead atoms. The van der Waals surface area contributed by atoms with E-state index in [0.29, 0.717) is 12.1 Å². The summed E-state index contributed by atoms with van der Waals surface area (Å²) in [6, 6.07) is 1.66. The van der Waals surface area contributed by atoms with Crippen molar-refractivity contribution in [2.75, 3.05) is 5.32 Å². The number of hydrogen-bond acceptors (Lipinski definition) is 4. The molecule has 1 aliphatic rings. The maximum atomic E-state index is 11.7. The fourth-order valence-electron chi connectivity index (χ4n) is 1.37. The minimum atomic E-state index is -3.38. The second kappa shape index (κ2) is 3.21. The number of anilines is 1. The van der Waals surface area contributed by atoms with Gasteiger partial charge in [0.1, 0.15) is 4.90 Å². The Morgan fingerprint density at radius 3 is 3.07 bits per heavy atom. The maximum absolute atomic E-state index is 11.7. The molecule has 0 aromatic carbocycles. The third-order valence-electron chi connectivity index (χ3n) is 2.11. The Hall–Kier alpha value is -1.14. The van der Waals surface area contributed by atoms with Crippen molar-refractivity contribution < 1.29 is 8.42 Å². The lowest BCUT2D eigenvalue weighted by Gasteiger charge is -2.26. The molecule has 0 spiro atoms. The molecule has 2 rings (SSSR count). The average Bonchev–Trinajstić information content (AvgIpc) is 2.17. The van der Waals surface area contributed by atoms with Gasteiger partial charge < -0.3 is 5.32 Å². The average molecular weight is 213 g/mol. The van der Waals surface area contributed by atoms with E-state index in [9.17, 15) is 8.42 Å². The van der Waals surface area contributed by atoms with Crippen molar-refractivity contribution in [2.45, 2.75) is 24.4 Å². The molecule has 6 heteroatoms. The molecule has 0 saturated heterocycles. The first-order chi connectivity index (χ1) is 6.63. The van der Waals surface area contributed by atoms with E-state index in [2.05, 4.69) is 15.0 Å². The summed E-state index contributed by atoms with van der Waals surface area (Å²) in [6.45, 7) is 1.91. The van der Waals surface area contributed by atoms with Crippen LogP contribution in [0.3, 0.4) is 0 Å². The Labute approximate surface area is 82.6 Å². The van der Waals surface area contributed by atoms with E-state index >= 15 is 0 Å². The number of fused-ring (bicyclic) bond motifs is 1. The van der Waals surface area contributed by atoms with Crippen LogP contribution in [0.4, 0.5) is 5.69 Å². The Balaban J connectivity index is 2.53. The predicted molar refractivity (Wildman–Crippen MR) is 52.3 cm³/mol. The fourth-order valence-corrected chi connectivity index (χ4v) is 2.71. The minimum absolute atomic E-state index is 0.213. The first kappa shape index (κ1) is 9.42. The van der Waals surface area contributed by atoms with Crippen molar-refractivity contribution in [3.8, 4) is 0 Å². The van der Waals surface area contributed by atoms with Crippen molar-refractivity contribution in [2.24, 2.45) is 0 Å². The molecule has 76 valence electrons. The van der Waals surface area contributed by atoms with E-state index in [1.54, 1.807) is 12.3 Å². The molecular formula is C8H11N3O2S. The molecule has 2 N–H and O–H groups in total. The quantitative estimate of drug-likeness (QED) is 0.713. The molecule has 1 atom stereocenters. The number of nitrogens with one attached hydrogen (secondary N) is 2. The molecule has 5 nitrogen and oxygen atoms in total. The van der Waals surface area contributed by atoms with Crippen LogP contribution in [-0.4, -0.2) is 19.6 Å². The van der Waals surface area contributed by atoms with Gasteiger partial charge in [0.15, 0.2) is 0 Å². The molecule has 0 aliphatic carbocycles. The summed E-state index contributed by atoms with van der Waals surface area (Å²) < 4.78 is 25.8. The van der Waals surface area contributed by atoms with Gasteiger partial charge in [-0.25, -0.2) is 8.42 Å². The monoisotopic (exact) mass is 213 g/mol. The van der Waals surface area contributed by atoms with E-state index in [4.69, 9.17) is 0 Å². The zero-order valence-corrected chi connectivity index (χ0v) is 8.50. The second-order valence-corrected chi connectivity index (χ2v) is 4.78. The van der Waals surface area contributed by atoms with Gasteiger partial charge in [-0.1, -0.05) is 6.92 Å². The van der Waals surface area contributed by atoms with Crippen molar-refractivity contribution in [3.63, 3.8) is 0 Å². The molecule has 1 aromatic rings. The number of hydrogen-bond donors (Lipinski definition) is 2. The van der Waals surface area contributed by atoms with E-state index in [1.165, 1.54) is 6.20 Å². The predicted octanol–water partition coefficient (Wildman–Crippen LogP) is 0.521. The summed E-state index contributed by atoms with van der Waals surface area (Å²) in [5.41, 5.74) is 0.616. The van der Waals surface area contributed by atoms with E-state index < -0.39 is 10.0 Å². The zero-order valence-electron chi connectivity index (χ0n) is 7.69. The fraction of sp³-hybridized carbons (Fsp3) is 0.375. The third kappa shape index (κ3) is 1.46. The number of rotatable bonds is 1. The van der Waals surface area contributed by atoms with E-state index in [-0.39, 0.29) is 11.1 Å². The Bertz CT molecular complexity index is 444. The van der Waals surface area contributed by atoms with Gasteiger partial charge in [-0.15, -0.1) is 0 Å². The highest BCUT2D eigenvalue weighted by Gasteiger charge is 2.27. The molecule has 0 radical (unpaired) electrons. The number of nitrogens with zero attached hydrogens (tertiary/aromatic N) is 1. The van der Waals surface area contributed by atoms with Gasteiger partial charge >= 0.3 is 0 Å². The van der Waals surface area contributed by atoms with Crippen molar-refractivity contribution in [1.82, 2.24) is 9.71 Å². The zero-order chi connectivity index (χ0) is 10.2. The lowest BCUT2D eigenvalue weighted by Crippen LogP contribution is -2.44. The lowest BCUT2D eigenvalue weighted by molar-refractivity contribution is 0.551. The second-order valence-electron chi connectivity index (χ2n) is 3.10. The van der Waals surface area contributed by atoms with Gasteiger partial charge in [-0.05, 0) is 12.5 Å². The summed E-state index contributed by atoms with van der Waals surface area (Å²) >= 11 is 0. The van der Waals surface area contributed by atoms with Crippen LogP contribution in [0.1, 0.15) is 13.3 Å². The first-order valence-corrected chi connectivity index (χ1v) is 5.84. The molecule has 1 unspecified atom stereocenters. The molecule has 0 saturated carbocycles. The largest absolute Gasteiger partial charge is 0.368 e. The Morgan fingerprint density at radius 1 is 1.57 bits per heavy atom. The normalized spacial score (nSPS) is 23.6. The number of aromatic nitrogens is 1. The Morgan fingerprint density at radius 2 is 2.36 bits per heavy atom. The lowest BCUT2D eigenvalue weighted by atomic mass is 10.3. The topological polar surface area (TPSA) is 71.1 Å². The summed E-state index contributed by atoms with van der Waals surface area (Å²) in [5, 5.41) is 3.07. The van der Waals surface area contributed by atoms with Gasteiger partial charge in [0.2, 0.25) is 10.0 Å². The SMILES string of the molecule is CCC1Nc2ccncc2S(=O)(=O)N1. The van der Waals surface area contributed by atoms with Crippen LogP contribution >= 0.6 is 0 Å². The Kier molecular flexibility index (Phi) is 2.16. The highest BCUT2D eigenvalue weighted by molar-refractivity contribution is 7.89. The van der Waals surface area contributed by atoms with Crippen LogP contribution < -0.4 is 10.0 Å². The van der Waals surface area contributed by atoms with Crippen LogP contribution in [0.15, 0.2) is 23.4 Å². The number of pyridine rings is 1. The van der Waals surface area contributed by atoms with Crippen molar-refractivity contribution >= 4 is 15.7 Å². The maximum Gasteiger partial charge on any atom is 0.245 e. The molecule has 1 aliphatic heterocycles. The highest BCUT2D eigenvalue weighted by atomic mass is 32.2. The number of sulfonamides is 1. The molecule has 2 heterocycles. The van der Waals surface area contributed by atoms with Crippen LogP contribution in [0.25, 0.3) is 0 Å². The van der Waals surface area contributed by atoms with Crippen LogP contribution in [0.5, 0.6) is 0 Å². The van der Waals surface area contributed by atoms with Crippen LogP contribution in [-0.2, 0) is 10.0 Å². The third-order valence-corrected chi connectivity index (χ3v) is 3.61. The highest BCUT2D eigenvalue weighted by Crippen LogP contribution is 2.24. The minimum Gasteiger partial charge on any atom is -0.368 e. The molecular weight excluding hydrogens is 202 g/mol.